The molecule has 1 atom stereocenters. The van der Waals surface area contributed by atoms with Crippen molar-refractivity contribution in [2.24, 2.45) is 11.5 Å². The summed E-state index contributed by atoms with van der Waals surface area (Å²) in [5, 5.41) is 2.11. The van der Waals surface area contributed by atoms with Gasteiger partial charge in [-0.25, -0.2) is 0 Å². The van der Waals surface area contributed by atoms with E-state index in [0.29, 0.717) is 19.4 Å². The summed E-state index contributed by atoms with van der Waals surface area (Å²) < 4.78 is 0. The van der Waals surface area contributed by atoms with E-state index < -0.39 is 11.9 Å². The van der Waals surface area contributed by atoms with E-state index in [-0.39, 0.29) is 5.91 Å². The highest BCUT2D eigenvalue weighted by atomic mass is 16.2. The van der Waals surface area contributed by atoms with Crippen LogP contribution in [-0.2, 0) is 9.59 Å². The average molecular weight is 173 g/mol. The Kier molecular flexibility index (Phi) is 5.23. The van der Waals surface area contributed by atoms with Crippen LogP contribution in [0.4, 0.5) is 0 Å². The fraction of sp³-hybridized carbons (Fsp3) is 0.714. The number of hydrogen-bond acceptors (Lipinski definition) is 4. The first-order valence-electron chi connectivity index (χ1n) is 3.85. The Balaban J connectivity index is 3.69. The van der Waals surface area contributed by atoms with E-state index >= 15 is 0 Å². The zero-order chi connectivity index (χ0) is 9.56. The van der Waals surface area contributed by atoms with Gasteiger partial charge in [-0.05, 0) is 19.4 Å². The average Bonchev–Trinajstić information content (AvgIpc) is 1.98. The molecule has 0 spiro atoms. The van der Waals surface area contributed by atoms with E-state index in [1.165, 1.54) is 6.92 Å². The van der Waals surface area contributed by atoms with Crippen molar-refractivity contribution in [1.29, 1.82) is 0 Å². The molecule has 12 heavy (non-hydrogen) atoms. The van der Waals surface area contributed by atoms with Crippen LogP contribution in [0.15, 0.2) is 0 Å². The number of carbonyl (C=O) groups is 2. The molecule has 0 aromatic heterocycles. The third kappa shape index (κ3) is 4.81. The molecule has 2 amide bonds. The van der Waals surface area contributed by atoms with Crippen molar-refractivity contribution in [3.63, 3.8) is 0 Å². The molecule has 0 saturated carbocycles. The lowest BCUT2D eigenvalue weighted by Crippen LogP contribution is -2.42. The van der Waals surface area contributed by atoms with Crippen LogP contribution in [0.5, 0.6) is 0 Å². The lowest BCUT2D eigenvalue weighted by Gasteiger charge is -2.08. The largest absolute Gasteiger partial charge is 0.330 e. The van der Waals surface area contributed by atoms with Gasteiger partial charge < -0.3 is 11.5 Å². The molecule has 5 N–H and O–H groups in total. The first-order chi connectivity index (χ1) is 5.57. The molecule has 0 aromatic rings. The monoisotopic (exact) mass is 173 g/mol. The fourth-order valence-corrected chi connectivity index (χ4v) is 0.735. The van der Waals surface area contributed by atoms with Crippen molar-refractivity contribution >= 4 is 11.8 Å². The van der Waals surface area contributed by atoms with Gasteiger partial charge in [0, 0.05) is 6.92 Å². The molecule has 0 saturated heterocycles. The molecular weight excluding hydrogens is 158 g/mol. The maximum absolute atomic E-state index is 11.0. The minimum Gasteiger partial charge on any atom is -0.330 e. The highest BCUT2D eigenvalue weighted by molar-refractivity contribution is 5.96. The number of imide groups is 1. The van der Waals surface area contributed by atoms with Crippen molar-refractivity contribution in [2.45, 2.75) is 25.8 Å². The molecule has 70 valence electrons. The summed E-state index contributed by atoms with van der Waals surface area (Å²) in [6, 6.07) is -0.627. The quantitative estimate of drug-likeness (QED) is 0.493. The maximum atomic E-state index is 11.0. The first kappa shape index (κ1) is 11.1. The predicted molar refractivity (Wildman–Crippen MR) is 45.1 cm³/mol. The van der Waals surface area contributed by atoms with Gasteiger partial charge in [0.05, 0.1) is 6.04 Å². The molecule has 0 fully saturated rings. The van der Waals surface area contributed by atoms with E-state index in [2.05, 4.69) is 5.32 Å². The van der Waals surface area contributed by atoms with E-state index in [1.54, 1.807) is 0 Å². The van der Waals surface area contributed by atoms with Crippen LogP contribution in [-0.4, -0.2) is 24.4 Å². The summed E-state index contributed by atoms with van der Waals surface area (Å²) in [5.41, 5.74) is 10.7. The number of nitrogens with two attached hydrogens (primary N) is 2. The summed E-state index contributed by atoms with van der Waals surface area (Å²) in [5.74, 6) is -0.820. The second-order valence-electron chi connectivity index (χ2n) is 2.58. The van der Waals surface area contributed by atoms with Gasteiger partial charge in [-0.2, -0.15) is 0 Å². The highest BCUT2D eigenvalue weighted by Crippen LogP contribution is 1.92. The van der Waals surface area contributed by atoms with Crippen LogP contribution < -0.4 is 16.8 Å². The van der Waals surface area contributed by atoms with Crippen molar-refractivity contribution in [3.05, 3.63) is 0 Å². The molecule has 0 aliphatic heterocycles. The van der Waals surface area contributed by atoms with E-state index in [1.807, 2.05) is 0 Å². The third-order valence-electron chi connectivity index (χ3n) is 1.36. The van der Waals surface area contributed by atoms with Gasteiger partial charge in [0.2, 0.25) is 11.8 Å². The van der Waals surface area contributed by atoms with Crippen LogP contribution in [0, 0.1) is 0 Å². The molecule has 5 heteroatoms. The molecule has 0 radical (unpaired) electrons. The Morgan fingerprint density at radius 3 is 2.50 bits per heavy atom. The molecule has 5 nitrogen and oxygen atoms in total. The molecule has 0 unspecified atom stereocenters. The van der Waals surface area contributed by atoms with Crippen LogP contribution in [0.3, 0.4) is 0 Å². The summed E-state index contributed by atoms with van der Waals surface area (Å²) in [6.45, 7) is 1.77. The molecule has 0 aliphatic rings. The van der Waals surface area contributed by atoms with Crippen molar-refractivity contribution in [3.8, 4) is 0 Å². The summed E-state index contributed by atoms with van der Waals surface area (Å²) >= 11 is 0. The van der Waals surface area contributed by atoms with Crippen LogP contribution >= 0.6 is 0 Å². The number of carbonyl (C=O) groups excluding carboxylic acids is 2. The predicted octanol–water partition coefficient (Wildman–Crippen LogP) is -1.28. The third-order valence-corrected chi connectivity index (χ3v) is 1.36. The molecule has 0 heterocycles. The summed E-state index contributed by atoms with van der Waals surface area (Å²) in [7, 11) is 0. The molecule has 0 bridgehead atoms. The van der Waals surface area contributed by atoms with E-state index in [9.17, 15) is 9.59 Å². The lowest BCUT2D eigenvalue weighted by molar-refractivity contribution is -0.130. The first-order valence-corrected chi connectivity index (χ1v) is 3.85. The summed E-state index contributed by atoms with van der Waals surface area (Å²) in [4.78, 5) is 21.4. The van der Waals surface area contributed by atoms with E-state index in [4.69, 9.17) is 11.5 Å². The molecular formula is C7H15N3O2. The highest BCUT2D eigenvalue weighted by Gasteiger charge is 2.12. The molecule has 0 rings (SSSR count). The Labute approximate surface area is 71.5 Å². The summed E-state index contributed by atoms with van der Waals surface area (Å²) in [6.07, 6.45) is 1.20. The van der Waals surface area contributed by atoms with Crippen LogP contribution in [0.2, 0.25) is 0 Å². The lowest BCUT2D eigenvalue weighted by atomic mass is 10.1. The van der Waals surface area contributed by atoms with Crippen molar-refractivity contribution in [1.82, 2.24) is 5.32 Å². The second kappa shape index (κ2) is 5.68. The maximum Gasteiger partial charge on any atom is 0.243 e. The SMILES string of the molecule is CC(=O)NC(=O)[C@@H](N)CCCN. The van der Waals surface area contributed by atoms with Gasteiger partial charge in [0.15, 0.2) is 0 Å². The number of rotatable bonds is 4. The Morgan fingerprint density at radius 2 is 2.08 bits per heavy atom. The topological polar surface area (TPSA) is 98.2 Å². The Bertz CT molecular complexity index is 170. The Hall–Kier alpha value is -0.940. The van der Waals surface area contributed by atoms with Gasteiger partial charge in [-0.15, -0.1) is 0 Å². The zero-order valence-corrected chi connectivity index (χ0v) is 7.17. The van der Waals surface area contributed by atoms with Gasteiger partial charge in [-0.3, -0.25) is 14.9 Å². The fourth-order valence-electron chi connectivity index (χ4n) is 0.735. The smallest absolute Gasteiger partial charge is 0.243 e. The standard InChI is InChI=1S/C7H15N3O2/c1-5(11)10-7(12)6(9)3-2-4-8/h6H,2-4,8-9H2,1H3,(H,10,11,12)/t6-/m0/s1. The molecule has 0 aliphatic carbocycles. The Morgan fingerprint density at radius 1 is 1.50 bits per heavy atom. The van der Waals surface area contributed by atoms with Crippen molar-refractivity contribution in [2.75, 3.05) is 6.54 Å². The van der Waals surface area contributed by atoms with Gasteiger partial charge in [0.1, 0.15) is 0 Å². The number of amides is 2. The second-order valence-corrected chi connectivity index (χ2v) is 2.58. The normalized spacial score (nSPS) is 12.2. The van der Waals surface area contributed by atoms with Gasteiger partial charge in [-0.1, -0.05) is 0 Å². The number of hydrogen-bond donors (Lipinski definition) is 3. The van der Waals surface area contributed by atoms with Crippen LogP contribution in [0.25, 0.3) is 0 Å². The minimum absolute atomic E-state index is 0.386. The minimum atomic E-state index is -0.627. The van der Waals surface area contributed by atoms with Crippen LogP contribution in [0.1, 0.15) is 19.8 Å². The zero-order valence-electron chi connectivity index (χ0n) is 7.17. The number of nitrogens with one attached hydrogen (secondary N) is 1. The van der Waals surface area contributed by atoms with E-state index in [0.717, 1.165) is 0 Å². The van der Waals surface area contributed by atoms with Crippen molar-refractivity contribution < 1.29 is 9.59 Å². The van der Waals surface area contributed by atoms with Gasteiger partial charge >= 0.3 is 0 Å². The molecule has 0 aromatic carbocycles. The van der Waals surface area contributed by atoms with Gasteiger partial charge in [0.25, 0.3) is 0 Å².